The van der Waals surface area contributed by atoms with E-state index < -0.39 is 0 Å². The second-order valence-electron chi connectivity index (χ2n) is 9.09. The molecule has 8 heteroatoms. The molecule has 0 saturated heterocycles. The normalized spacial score (nSPS) is 17.5. The quantitative estimate of drug-likeness (QED) is 0.391. The van der Waals surface area contributed by atoms with Crippen LogP contribution in [0, 0.1) is 0 Å². The fraction of sp³-hybridized carbons (Fsp3) is 0.167. The van der Waals surface area contributed by atoms with Gasteiger partial charge in [0.15, 0.2) is 11.4 Å². The number of nitrogens with zero attached hydrogens (tertiary/aromatic N) is 4. The topological polar surface area (TPSA) is 76.9 Å². The fourth-order valence-corrected chi connectivity index (χ4v) is 4.89. The van der Waals surface area contributed by atoms with E-state index in [4.69, 9.17) is 9.47 Å². The van der Waals surface area contributed by atoms with Gasteiger partial charge in [-0.15, -0.1) is 0 Å². The molecule has 8 nitrogen and oxygen atoms in total. The summed E-state index contributed by atoms with van der Waals surface area (Å²) in [6.45, 7) is 1.20. The second kappa shape index (κ2) is 10.3. The number of hydrogen-bond acceptors (Lipinski definition) is 6. The molecule has 4 aromatic rings. The molecule has 2 aromatic carbocycles. The van der Waals surface area contributed by atoms with Crippen LogP contribution < -0.4 is 19.9 Å². The number of benzene rings is 2. The molecule has 190 valence electrons. The molecule has 6 rings (SSSR count). The number of hydrogen-bond donors (Lipinski definition) is 0. The fourth-order valence-electron chi connectivity index (χ4n) is 4.89. The molecule has 0 unspecified atom stereocenters. The Bertz CT molecular complexity index is 1540. The lowest BCUT2D eigenvalue weighted by Gasteiger charge is -2.44. The van der Waals surface area contributed by atoms with Crippen LogP contribution in [0.1, 0.15) is 33.2 Å². The molecular weight excluding hydrogens is 480 g/mol. The minimum atomic E-state index is -0.342. The summed E-state index contributed by atoms with van der Waals surface area (Å²) in [5, 5.41) is 2.06. The first-order valence-corrected chi connectivity index (χ1v) is 12.5. The molecule has 0 saturated carbocycles. The minimum Gasteiger partial charge on any atom is -0.489 e. The van der Waals surface area contributed by atoms with E-state index in [1.807, 2.05) is 78.9 Å². The van der Waals surface area contributed by atoms with E-state index in [0.29, 0.717) is 19.8 Å². The van der Waals surface area contributed by atoms with Gasteiger partial charge in [0, 0.05) is 36.8 Å². The standard InChI is InChI=1S/C30H26N4O4/c35-25-14-18-33-28(29(25)38-20-22-8-2-1-3-9-22)30(36)32-17-6-7-19-37-26-11-5-4-10-24(26)27(34(33)21-32)23-12-15-31-16-13-23/h1-16,18,27H,17,19-21H2/b7-6-/t27-/m1/s1. The number of pyridine rings is 2. The zero-order valence-electron chi connectivity index (χ0n) is 20.6. The number of fused-ring (bicyclic) bond motifs is 5. The van der Waals surface area contributed by atoms with E-state index in [2.05, 4.69) is 9.99 Å². The summed E-state index contributed by atoms with van der Waals surface area (Å²) in [6.07, 6.45) is 8.96. The van der Waals surface area contributed by atoms with Crippen LogP contribution in [0.15, 0.2) is 108 Å². The summed E-state index contributed by atoms with van der Waals surface area (Å²) in [7, 11) is 0. The zero-order valence-corrected chi connectivity index (χ0v) is 20.6. The average Bonchev–Trinajstić information content (AvgIpc) is 2.99. The zero-order chi connectivity index (χ0) is 25.9. The van der Waals surface area contributed by atoms with E-state index in [9.17, 15) is 9.59 Å². The smallest absolute Gasteiger partial charge is 0.278 e. The molecule has 0 aliphatic carbocycles. The van der Waals surface area contributed by atoms with Gasteiger partial charge in [0.05, 0.1) is 0 Å². The lowest BCUT2D eigenvalue weighted by atomic mass is 9.98. The van der Waals surface area contributed by atoms with E-state index in [1.165, 1.54) is 6.07 Å². The van der Waals surface area contributed by atoms with Crippen molar-refractivity contribution in [2.24, 2.45) is 0 Å². The first-order valence-electron chi connectivity index (χ1n) is 12.5. The predicted octanol–water partition coefficient (Wildman–Crippen LogP) is 3.91. The number of para-hydroxylation sites is 1. The molecular formula is C30H26N4O4. The van der Waals surface area contributed by atoms with Crippen molar-refractivity contribution in [3.05, 3.63) is 136 Å². The van der Waals surface area contributed by atoms with Gasteiger partial charge in [-0.2, -0.15) is 0 Å². The number of rotatable bonds is 4. The van der Waals surface area contributed by atoms with E-state index in [-0.39, 0.29) is 35.4 Å². The predicted molar refractivity (Wildman–Crippen MR) is 143 cm³/mol. The Hall–Kier alpha value is -4.85. The van der Waals surface area contributed by atoms with Gasteiger partial charge in [-0.3, -0.25) is 24.3 Å². The van der Waals surface area contributed by atoms with Crippen molar-refractivity contribution in [3.8, 4) is 11.5 Å². The van der Waals surface area contributed by atoms with Crippen molar-refractivity contribution in [2.45, 2.75) is 12.6 Å². The summed E-state index contributed by atoms with van der Waals surface area (Å²) in [5.41, 5.74) is 2.66. The van der Waals surface area contributed by atoms with Gasteiger partial charge in [0.1, 0.15) is 31.7 Å². The van der Waals surface area contributed by atoms with Crippen LogP contribution in [-0.2, 0) is 6.61 Å². The van der Waals surface area contributed by atoms with E-state index in [1.54, 1.807) is 28.2 Å². The summed E-state index contributed by atoms with van der Waals surface area (Å²) < 4.78 is 14.0. The van der Waals surface area contributed by atoms with Gasteiger partial charge in [-0.1, -0.05) is 54.6 Å². The summed E-state index contributed by atoms with van der Waals surface area (Å²) in [4.78, 5) is 32.8. The summed E-state index contributed by atoms with van der Waals surface area (Å²) in [5.74, 6) is 0.508. The van der Waals surface area contributed by atoms with E-state index >= 15 is 0 Å². The largest absolute Gasteiger partial charge is 0.489 e. The molecule has 0 fully saturated rings. The number of carbonyl (C=O) groups is 1. The van der Waals surface area contributed by atoms with Crippen molar-refractivity contribution < 1.29 is 14.3 Å². The lowest BCUT2D eigenvalue weighted by Crippen LogP contribution is -2.55. The molecule has 38 heavy (non-hydrogen) atoms. The van der Waals surface area contributed by atoms with Gasteiger partial charge < -0.3 is 14.4 Å². The highest BCUT2D eigenvalue weighted by Gasteiger charge is 2.37. The van der Waals surface area contributed by atoms with Crippen LogP contribution in [0.25, 0.3) is 0 Å². The van der Waals surface area contributed by atoms with Crippen LogP contribution in [0.5, 0.6) is 11.5 Å². The van der Waals surface area contributed by atoms with Crippen molar-refractivity contribution in [1.29, 1.82) is 0 Å². The molecule has 0 radical (unpaired) electrons. The third-order valence-corrected chi connectivity index (χ3v) is 6.70. The Kier molecular flexibility index (Phi) is 6.35. The number of ether oxygens (including phenoxy) is 2. The van der Waals surface area contributed by atoms with Gasteiger partial charge in [-0.25, -0.2) is 0 Å². The van der Waals surface area contributed by atoms with Crippen LogP contribution in [0.3, 0.4) is 0 Å². The molecule has 0 N–H and O–H groups in total. The van der Waals surface area contributed by atoms with Crippen LogP contribution in [0.2, 0.25) is 0 Å². The maximum Gasteiger partial charge on any atom is 0.278 e. The molecule has 2 aliphatic heterocycles. The maximum absolute atomic E-state index is 13.8. The molecule has 1 atom stereocenters. The molecule has 4 heterocycles. The SMILES string of the molecule is O=C1c2c(OCc3ccccc3)c(=O)ccn2N2CN1C/C=C\COc1ccccc1[C@H]2c1ccncc1. The number of amides is 1. The summed E-state index contributed by atoms with van der Waals surface area (Å²) in [6, 6.07) is 22.5. The van der Waals surface area contributed by atoms with Crippen molar-refractivity contribution in [1.82, 2.24) is 14.6 Å². The monoisotopic (exact) mass is 506 g/mol. The van der Waals surface area contributed by atoms with E-state index in [0.717, 1.165) is 22.4 Å². The molecule has 0 spiro atoms. The number of aromatic nitrogens is 2. The summed E-state index contributed by atoms with van der Waals surface area (Å²) >= 11 is 0. The van der Waals surface area contributed by atoms with Crippen LogP contribution in [-0.4, -0.2) is 40.3 Å². The Morgan fingerprint density at radius 1 is 0.921 bits per heavy atom. The third kappa shape index (κ3) is 4.41. The van der Waals surface area contributed by atoms with Crippen molar-refractivity contribution in [3.63, 3.8) is 0 Å². The maximum atomic E-state index is 13.8. The Morgan fingerprint density at radius 3 is 2.55 bits per heavy atom. The highest BCUT2D eigenvalue weighted by molar-refractivity contribution is 5.96. The molecule has 2 aliphatic rings. The van der Waals surface area contributed by atoms with Crippen LogP contribution in [0.4, 0.5) is 0 Å². The Labute approximate surface area is 220 Å². The van der Waals surface area contributed by atoms with Gasteiger partial charge in [0.25, 0.3) is 5.91 Å². The third-order valence-electron chi connectivity index (χ3n) is 6.70. The Balaban J connectivity index is 1.54. The van der Waals surface area contributed by atoms with Gasteiger partial charge in [0.2, 0.25) is 5.43 Å². The lowest BCUT2D eigenvalue weighted by molar-refractivity contribution is 0.0698. The first kappa shape index (κ1) is 23.5. The highest BCUT2D eigenvalue weighted by atomic mass is 16.5. The van der Waals surface area contributed by atoms with Gasteiger partial charge in [-0.05, 0) is 35.4 Å². The van der Waals surface area contributed by atoms with Crippen molar-refractivity contribution in [2.75, 3.05) is 24.8 Å². The first-order chi connectivity index (χ1) is 18.7. The molecule has 2 bridgehead atoms. The molecule has 1 amide bonds. The highest BCUT2D eigenvalue weighted by Crippen LogP contribution is 2.36. The van der Waals surface area contributed by atoms with Crippen molar-refractivity contribution >= 4 is 5.91 Å². The second-order valence-corrected chi connectivity index (χ2v) is 9.09. The number of carbonyl (C=O) groups excluding carboxylic acids is 1. The Morgan fingerprint density at radius 2 is 1.71 bits per heavy atom. The minimum absolute atomic E-state index is 0.0351. The average molecular weight is 507 g/mol. The van der Waals surface area contributed by atoms with Crippen LogP contribution >= 0.6 is 0 Å². The van der Waals surface area contributed by atoms with Gasteiger partial charge >= 0.3 is 0 Å². The molecule has 2 aromatic heterocycles.